The normalized spacial score (nSPS) is 12.7. The van der Waals surface area contributed by atoms with Crippen LogP contribution in [0.4, 0.5) is 0 Å². The predicted octanol–water partition coefficient (Wildman–Crippen LogP) is 4.31. The summed E-state index contributed by atoms with van der Waals surface area (Å²) < 4.78 is 5.65. The van der Waals surface area contributed by atoms with Crippen LogP contribution in [-0.4, -0.2) is 19.8 Å². The van der Waals surface area contributed by atoms with Gasteiger partial charge < -0.3 is 10.1 Å². The van der Waals surface area contributed by atoms with Gasteiger partial charge >= 0.3 is 0 Å². The van der Waals surface area contributed by atoms with Crippen LogP contribution in [0.3, 0.4) is 0 Å². The van der Waals surface area contributed by atoms with E-state index in [-0.39, 0.29) is 0 Å². The van der Waals surface area contributed by atoms with Gasteiger partial charge in [-0.1, -0.05) is 56.3 Å². The lowest BCUT2D eigenvalue weighted by atomic mass is 9.97. The standard InChI is InChI=1S/C18H25NO/c1-3-13-20-14-12-18(19-4-2)17-11-7-9-15-8-5-6-10-16(15)17/h5-11,18-19H,3-4,12-14H2,1-2H3. The zero-order chi connectivity index (χ0) is 14.2. The van der Waals surface area contributed by atoms with Crippen molar-refractivity contribution in [1.82, 2.24) is 5.32 Å². The number of fused-ring (bicyclic) bond motifs is 1. The average Bonchev–Trinajstić information content (AvgIpc) is 2.50. The molecular weight excluding hydrogens is 246 g/mol. The number of ether oxygens (including phenoxy) is 1. The van der Waals surface area contributed by atoms with E-state index in [1.54, 1.807) is 0 Å². The van der Waals surface area contributed by atoms with Crippen LogP contribution in [0.1, 0.15) is 38.3 Å². The number of benzene rings is 2. The van der Waals surface area contributed by atoms with Crippen molar-refractivity contribution in [2.24, 2.45) is 0 Å². The first-order valence-corrected chi connectivity index (χ1v) is 7.65. The molecule has 1 atom stereocenters. The minimum Gasteiger partial charge on any atom is -0.381 e. The SMILES string of the molecule is CCCOCCC(NCC)c1cccc2ccccc12. The molecule has 0 aliphatic carbocycles. The predicted molar refractivity (Wildman–Crippen MR) is 86.1 cm³/mol. The summed E-state index contributed by atoms with van der Waals surface area (Å²) in [5, 5.41) is 6.24. The van der Waals surface area contributed by atoms with Gasteiger partial charge in [0.05, 0.1) is 0 Å². The molecule has 0 amide bonds. The summed E-state index contributed by atoms with van der Waals surface area (Å²) in [6, 6.07) is 15.5. The van der Waals surface area contributed by atoms with Crippen molar-refractivity contribution in [2.45, 2.75) is 32.7 Å². The van der Waals surface area contributed by atoms with E-state index in [0.29, 0.717) is 6.04 Å². The van der Waals surface area contributed by atoms with Crippen molar-refractivity contribution in [3.05, 3.63) is 48.0 Å². The highest BCUT2D eigenvalue weighted by atomic mass is 16.5. The first kappa shape index (κ1) is 15.0. The molecule has 20 heavy (non-hydrogen) atoms. The Hall–Kier alpha value is -1.38. The van der Waals surface area contributed by atoms with Gasteiger partial charge in [0.15, 0.2) is 0 Å². The third-order valence-electron chi connectivity index (χ3n) is 3.55. The molecule has 0 saturated carbocycles. The molecule has 2 aromatic carbocycles. The maximum absolute atomic E-state index is 5.65. The van der Waals surface area contributed by atoms with Crippen LogP contribution in [0.15, 0.2) is 42.5 Å². The van der Waals surface area contributed by atoms with Crippen LogP contribution in [0, 0.1) is 0 Å². The lowest BCUT2D eigenvalue weighted by Crippen LogP contribution is -2.22. The van der Waals surface area contributed by atoms with Crippen molar-refractivity contribution >= 4 is 10.8 Å². The van der Waals surface area contributed by atoms with Crippen LogP contribution in [0.2, 0.25) is 0 Å². The molecule has 1 N–H and O–H groups in total. The Balaban J connectivity index is 2.18. The average molecular weight is 271 g/mol. The highest BCUT2D eigenvalue weighted by molar-refractivity contribution is 5.86. The van der Waals surface area contributed by atoms with Crippen molar-refractivity contribution < 1.29 is 4.74 Å². The van der Waals surface area contributed by atoms with Gasteiger partial charge in [-0.25, -0.2) is 0 Å². The number of nitrogens with one attached hydrogen (secondary N) is 1. The van der Waals surface area contributed by atoms with Gasteiger partial charge in [0, 0.05) is 19.3 Å². The van der Waals surface area contributed by atoms with E-state index in [2.05, 4.69) is 61.6 Å². The molecule has 108 valence electrons. The Morgan fingerprint density at radius 2 is 1.80 bits per heavy atom. The van der Waals surface area contributed by atoms with Crippen LogP contribution < -0.4 is 5.32 Å². The third kappa shape index (κ3) is 3.81. The van der Waals surface area contributed by atoms with Gasteiger partial charge in [-0.05, 0) is 35.7 Å². The molecule has 2 rings (SSSR count). The van der Waals surface area contributed by atoms with Gasteiger partial charge in [0.25, 0.3) is 0 Å². The molecule has 2 aromatic rings. The lowest BCUT2D eigenvalue weighted by molar-refractivity contribution is 0.125. The Morgan fingerprint density at radius 3 is 2.60 bits per heavy atom. The molecule has 2 heteroatoms. The molecule has 0 bridgehead atoms. The molecule has 0 saturated heterocycles. The molecule has 0 fully saturated rings. The molecule has 0 aliphatic heterocycles. The molecule has 0 spiro atoms. The van der Waals surface area contributed by atoms with E-state index < -0.39 is 0 Å². The number of hydrogen-bond donors (Lipinski definition) is 1. The van der Waals surface area contributed by atoms with Gasteiger partial charge in [0.2, 0.25) is 0 Å². The maximum Gasteiger partial charge on any atom is 0.0484 e. The van der Waals surface area contributed by atoms with Crippen LogP contribution in [0.25, 0.3) is 10.8 Å². The van der Waals surface area contributed by atoms with Crippen molar-refractivity contribution in [2.75, 3.05) is 19.8 Å². The molecule has 1 unspecified atom stereocenters. The Bertz CT molecular complexity index is 518. The summed E-state index contributed by atoms with van der Waals surface area (Å²) in [5.74, 6) is 0. The van der Waals surface area contributed by atoms with E-state index in [0.717, 1.165) is 32.6 Å². The monoisotopic (exact) mass is 271 g/mol. The topological polar surface area (TPSA) is 21.3 Å². The van der Waals surface area contributed by atoms with E-state index >= 15 is 0 Å². The van der Waals surface area contributed by atoms with E-state index in [9.17, 15) is 0 Å². The van der Waals surface area contributed by atoms with E-state index in [1.807, 2.05) is 0 Å². The quantitative estimate of drug-likeness (QED) is 0.722. The highest BCUT2D eigenvalue weighted by Crippen LogP contribution is 2.26. The van der Waals surface area contributed by atoms with Crippen LogP contribution in [-0.2, 0) is 4.74 Å². The second kappa shape index (κ2) is 8.03. The summed E-state index contributed by atoms with van der Waals surface area (Å²) in [6.07, 6.45) is 2.10. The second-order valence-electron chi connectivity index (χ2n) is 5.08. The molecule has 0 heterocycles. The van der Waals surface area contributed by atoms with Gasteiger partial charge in [-0.2, -0.15) is 0 Å². The fraction of sp³-hybridized carbons (Fsp3) is 0.444. The lowest BCUT2D eigenvalue weighted by Gasteiger charge is -2.20. The maximum atomic E-state index is 5.65. The van der Waals surface area contributed by atoms with E-state index in [4.69, 9.17) is 4.74 Å². The molecule has 0 aromatic heterocycles. The minimum atomic E-state index is 0.364. The van der Waals surface area contributed by atoms with Gasteiger partial charge in [-0.15, -0.1) is 0 Å². The zero-order valence-electron chi connectivity index (χ0n) is 12.6. The number of hydrogen-bond acceptors (Lipinski definition) is 2. The Labute approximate surface area is 122 Å². The van der Waals surface area contributed by atoms with Crippen molar-refractivity contribution in [3.63, 3.8) is 0 Å². The summed E-state index contributed by atoms with van der Waals surface area (Å²) in [5.41, 5.74) is 1.38. The summed E-state index contributed by atoms with van der Waals surface area (Å²) in [6.45, 7) is 6.95. The summed E-state index contributed by atoms with van der Waals surface area (Å²) in [7, 11) is 0. The third-order valence-corrected chi connectivity index (χ3v) is 3.55. The van der Waals surface area contributed by atoms with Crippen LogP contribution in [0.5, 0.6) is 0 Å². The smallest absolute Gasteiger partial charge is 0.0484 e. The molecule has 0 aliphatic rings. The summed E-state index contributed by atoms with van der Waals surface area (Å²) in [4.78, 5) is 0. The Morgan fingerprint density at radius 1 is 1.00 bits per heavy atom. The molecule has 2 nitrogen and oxygen atoms in total. The van der Waals surface area contributed by atoms with Crippen LogP contribution >= 0.6 is 0 Å². The fourth-order valence-corrected chi connectivity index (χ4v) is 2.62. The number of rotatable bonds is 8. The minimum absolute atomic E-state index is 0.364. The van der Waals surface area contributed by atoms with Gasteiger partial charge in [0.1, 0.15) is 0 Å². The molecule has 0 radical (unpaired) electrons. The van der Waals surface area contributed by atoms with Crippen molar-refractivity contribution in [1.29, 1.82) is 0 Å². The molecular formula is C18H25NO. The summed E-state index contributed by atoms with van der Waals surface area (Å²) >= 11 is 0. The Kier molecular flexibility index (Phi) is 6.03. The first-order valence-electron chi connectivity index (χ1n) is 7.65. The highest BCUT2D eigenvalue weighted by Gasteiger charge is 2.12. The largest absolute Gasteiger partial charge is 0.381 e. The first-order chi connectivity index (χ1) is 9.86. The van der Waals surface area contributed by atoms with E-state index in [1.165, 1.54) is 16.3 Å². The van der Waals surface area contributed by atoms with Gasteiger partial charge in [-0.3, -0.25) is 0 Å². The fourth-order valence-electron chi connectivity index (χ4n) is 2.62. The second-order valence-corrected chi connectivity index (χ2v) is 5.08. The zero-order valence-corrected chi connectivity index (χ0v) is 12.6. The van der Waals surface area contributed by atoms with Crippen molar-refractivity contribution in [3.8, 4) is 0 Å².